The van der Waals surface area contributed by atoms with Crippen LogP contribution in [0.25, 0.3) is 0 Å². The van der Waals surface area contributed by atoms with Crippen LogP contribution >= 0.6 is 11.6 Å². The fourth-order valence-corrected chi connectivity index (χ4v) is 2.73. The van der Waals surface area contributed by atoms with Crippen LogP contribution in [0.1, 0.15) is 26.5 Å². The molecule has 1 aromatic heterocycles. The van der Waals surface area contributed by atoms with Crippen LogP contribution < -0.4 is 5.32 Å². The highest BCUT2D eigenvalue weighted by molar-refractivity contribution is 6.30. The number of esters is 1. The lowest BCUT2D eigenvalue weighted by atomic mass is 10.1. The number of amides is 2. The van der Waals surface area contributed by atoms with Crippen molar-refractivity contribution in [3.05, 3.63) is 88.8 Å². The molecule has 8 heteroatoms. The van der Waals surface area contributed by atoms with Gasteiger partial charge in [0.05, 0.1) is 24.1 Å². The molecule has 154 valence electrons. The topological polar surface area (TPSA) is 88.8 Å². The smallest absolute Gasteiger partial charge is 0.340 e. The summed E-state index contributed by atoms with van der Waals surface area (Å²) < 4.78 is 10.3. The van der Waals surface area contributed by atoms with Crippen molar-refractivity contribution in [1.29, 1.82) is 0 Å². The quantitative estimate of drug-likeness (QED) is 0.577. The zero-order valence-corrected chi connectivity index (χ0v) is 16.9. The van der Waals surface area contributed by atoms with E-state index in [2.05, 4.69) is 5.32 Å². The van der Waals surface area contributed by atoms with E-state index in [1.807, 2.05) is 0 Å². The number of rotatable bonds is 7. The van der Waals surface area contributed by atoms with Gasteiger partial charge in [0.15, 0.2) is 6.61 Å². The lowest BCUT2D eigenvalue weighted by Crippen LogP contribution is -2.30. The van der Waals surface area contributed by atoms with E-state index in [-0.39, 0.29) is 23.7 Å². The Labute approximate surface area is 178 Å². The van der Waals surface area contributed by atoms with Crippen LogP contribution in [-0.4, -0.2) is 36.3 Å². The molecule has 0 spiro atoms. The average molecular weight is 427 g/mol. The Morgan fingerprint density at radius 2 is 1.77 bits per heavy atom. The van der Waals surface area contributed by atoms with Gasteiger partial charge in [-0.05, 0) is 48.5 Å². The normalized spacial score (nSPS) is 10.3. The van der Waals surface area contributed by atoms with Gasteiger partial charge in [0.2, 0.25) is 0 Å². The van der Waals surface area contributed by atoms with Crippen molar-refractivity contribution in [2.45, 2.75) is 6.54 Å². The van der Waals surface area contributed by atoms with Crippen LogP contribution in [0.15, 0.2) is 71.3 Å². The van der Waals surface area contributed by atoms with Crippen molar-refractivity contribution in [3.63, 3.8) is 0 Å². The van der Waals surface area contributed by atoms with Crippen molar-refractivity contribution < 1.29 is 23.5 Å². The highest BCUT2D eigenvalue weighted by Crippen LogP contribution is 2.18. The summed E-state index contributed by atoms with van der Waals surface area (Å²) in [4.78, 5) is 38.5. The van der Waals surface area contributed by atoms with Crippen molar-refractivity contribution >= 4 is 35.1 Å². The summed E-state index contributed by atoms with van der Waals surface area (Å²) in [6.07, 6.45) is 1.52. The SMILES string of the molecule is CN(Cc1ccco1)C(=O)COC(=O)c1ccccc1NC(=O)c1ccc(Cl)cc1. The number of anilines is 1. The first-order valence-corrected chi connectivity index (χ1v) is 9.41. The molecule has 3 rings (SSSR count). The second kappa shape index (κ2) is 9.76. The first-order chi connectivity index (χ1) is 14.4. The maximum Gasteiger partial charge on any atom is 0.340 e. The summed E-state index contributed by atoms with van der Waals surface area (Å²) in [5.41, 5.74) is 0.803. The van der Waals surface area contributed by atoms with E-state index < -0.39 is 18.5 Å². The third-order valence-corrected chi connectivity index (χ3v) is 4.48. The molecule has 2 aromatic carbocycles. The van der Waals surface area contributed by atoms with Crippen molar-refractivity contribution in [1.82, 2.24) is 4.90 Å². The number of carbonyl (C=O) groups excluding carboxylic acids is 3. The Morgan fingerprint density at radius 1 is 1.03 bits per heavy atom. The third-order valence-electron chi connectivity index (χ3n) is 4.23. The van der Waals surface area contributed by atoms with Gasteiger partial charge in [0.25, 0.3) is 11.8 Å². The molecule has 1 heterocycles. The standard InChI is InChI=1S/C22H19ClN2O5/c1-25(13-17-5-4-12-29-17)20(26)14-30-22(28)18-6-2-3-7-19(18)24-21(27)15-8-10-16(23)11-9-15/h2-12H,13-14H2,1H3,(H,24,27). The van der Waals surface area contributed by atoms with Crippen LogP contribution in [0.5, 0.6) is 0 Å². The molecular weight excluding hydrogens is 408 g/mol. The number of hydrogen-bond acceptors (Lipinski definition) is 5. The first kappa shape index (κ1) is 21.1. The molecule has 2 amide bonds. The Bertz CT molecular complexity index is 1030. The molecule has 30 heavy (non-hydrogen) atoms. The van der Waals surface area contributed by atoms with Crippen molar-refractivity contribution in [2.24, 2.45) is 0 Å². The first-order valence-electron chi connectivity index (χ1n) is 9.03. The van der Waals surface area contributed by atoms with Gasteiger partial charge >= 0.3 is 5.97 Å². The highest BCUT2D eigenvalue weighted by Gasteiger charge is 2.18. The number of ether oxygens (including phenoxy) is 1. The van der Waals surface area contributed by atoms with Crippen LogP contribution in [0.3, 0.4) is 0 Å². The van der Waals surface area contributed by atoms with E-state index in [9.17, 15) is 14.4 Å². The highest BCUT2D eigenvalue weighted by atomic mass is 35.5. The minimum absolute atomic E-state index is 0.140. The fourth-order valence-electron chi connectivity index (χ4n) is 2.61. The van der Waals surface area contributed by atoms with E-state index in [1.165, 1.54) is 17.2 Å². The number of nitrogens with zero attached hydrogens (tertiary/aromatic N) is 1. The van der Waals surface area contributed by atoms with Crippen LogP contribution in [0, 0.1) is 0 Å². The molecule has 0 aliphatic carbocycles. The molecule has 0 fully saturated rings. The molecule has 0 atom stereocenters. The second-order valence-electron chi connectivity index (χ2n) is 6.41. The van der Waals surface area contributed by atoms with Gasteiger partial charge in [0.1, 0.15) is 5.76 Å². The van der Waals surface area contributed by atoms with Crippen LogP contribution in [0.4, 0.5) is 5.69 Å². The van der Waals surface area contributed by atoms with Crippen molar-refractivity contribution in [2.75, 3.05) is 19.0 Å². The Kier molecular flexibility index (Phi) is 6.87. The minimum atomic E-state index is -0.721. The second-order valence-corrected chi connectivity index (χ2v) is 6.85. The summed E-state index contributed by atoms with van der Waals surface area (Å²) >= 11 is 5.84. The Morgan fingerprint density at radius 3 is 2.47 bits per heavy atom. The maximum atomic E-state index is 12.5. The molecule has 0 aliphatic heterocycles. The van der Waals surface area contributed by atoms with E-state index in [0.717, 1.165) is 0 Å². The molecule has 0 aliphatic rings. The zero-order valence-electron chi connectivity index (χ0n) is 16.1. The number of hydrogen-bond donors (Lipinski definition) is 1. The van der Waals surface area contributed by atoms with Crippen molar-refractivity contribution in [3.8, 4) is 0 Å². The molecule has 0 unspecified atom stereocenters. The number of benzene rings is 2. The van der Waals surface area contributed by atoms with Gasteiger partial charge in [-0.3, -0.25) is 9.59 Å². The molecule has 3 aromatic rings. The van der Waals surface area contributed by atoms with Crippen LogP contribution in [0.2, 0.25) is 5.02 Å². The average Bonchev–Trinajstić information content (AvgIpc) is 3.25. The van der Waals surface area contributed by atoms with Gasteiger partial charge in [-0.25, -0.2) is 4.79 Å². The predicted molar refractivity (Wildman–Crippen MR) is 111 cm³/mol. The molecule has 0 bridgehead atoms. The third kappa shape index (κ3) is 5.48. The van der Waals surface area contributed by atoms with Gasteiger partial charge < -0.3 is 19.4 Å². The van der Waals surface area contributed by atoms with E-state index in [0.29, 0.717) is 16.3 Å². The van der Waals surface area contributed by atoms with E-state index in [1.54, 1.807) is 61.6 Å². The number of likely N-dealkylation sites (N-methyl/N-ethyl adjacent to an activating group) is 1. The van der Waals surface area contributed by atoms with Gasteiger partial charge in [-0.15, -0.1) is 0 Å². The lowest BCUT2D eigenvalue weighted by Gasteiger charge is -2.16. The molecule has 1 N–H and O–H groups in total. The largest absolute Gasteiger partial charge is 0.467 e. The molecule has 7 nitrogen and oxygen atoms in total. The summed E-state index contributed by atoms with van der Waals surface area (Å²) in [6.45, 7) is -0.174. The molecular formula is C22H19ClN2O5. The number of carbonyl (C=O) groups is 3. The van der Waals surface area contributed by atoms with Gasteiger partial charge in [0, 0.05) is 17.6 Å². The molecule has 0 radical (unpaired) electrons. The van der Waals surface area contributed by atoms with E-state index in [4.69, 9.17) is 20.8 Å². The number of furan rings is 1. The summed E-state index contributed by atoms with van der Waals surface area (Å²) in [5.74, 6) is -0.891. The minimum Gasteiger partial charge on any atom is -0.467 e. The number of halogens is 1. The summed E-state index contributed by atoms with van der Waals surface area (Å²) in [6, 6.07) is 16.2. The molecule has 0 saturated heterocycles. The number of para-hydroxylation sites is 1. The predicted octanol–water partition coefficient (Wildman–Crippen LogP) is 4.00. The van der Waals surface area contributed by atoms with Crippen LogP contribution in [-0.2, 0) is 16.1 Å². The Balaban J connectivity index is 1.61. The fraction of sp³-hybridized carbons (Fsp3) is 0.136. The monoisotopic (exact) mass is 426 g/mol. The van der Waals surface area contributed by atoms with Gasteiger partial charge in [-0.1, -0.05) is 23.7 Å². The maximum absolute atomic E-state index is 12.5. The molecule has 0 saturated carbocycles. The number of nitrogens with one attached hydrogen (secondary N) is 1. The Hall–Kier alpha value is -3.58. The summed E-state index contributed by atoms with van der Waals surface area (Å²) in [5, 5.41) is 3.19. The van der Waals surface area contributed by atoms with Gasteiger partial charge in [-0.2, -0.15) is 0 Å². The summed E-state index contributed by atoms with van der Waals surface area (Å²) in [7, 11) is 1.58. The lowest BCUT2D eigenvalue weighted by molar-refractivity contribution is -0.133. The zero-order chi connectivity index (χ0) is 21.5. The van der Waals surface area contributed by atoms with E-state index >= 15 is 0 Å².